The van der Waals surface area contributed by atoms with E-state index in [0.717, 1.165) is 6.54 Å². The molecule has 1 fully saturated rings. The number of hydrogen-bond donors (Lipinski definition) is 1. The summed E-state index contributed by atoms with van der Waals surface area (Å²) in [6.45, 7) is 0.804. The molecule has 0 radical (unpaired) electrons. The van der Waals surface area contributed by atoms with Crippen molar-refractivity contribution in [1.29, 1.82) is 0 Å². The molecule has 6 nitrogen and oxygen atoms in total. The van der Waals surface area contributed by atoms with Gasteiger partial charge in [0.05, 0.1) is 5.56 Å². The summed E-state index contributed by atoms with van der Waals surface area (Å²) in [6.07, 6.45) is 5.76. The summed E-state index contributed by atoms with van der Waals surface area (Å²) in [6, 6.07) is 6.40. The van der Waals surface area contributed by atoms with Crippen LogP contribution in [0.4, 0.5) is 5.69 Å². The van der Waals surface area contributed by atoms with Crippen LogP contribution in [0.5, 0.6) is 0 Å². The van der Waals surface area contributed by atoms with Crippen molar-refractivity contribution in [3.63, 3.8) is 0 Å². The number of pyridine rings is 2. The molecular formula is C18H14Cl2N4O2. The summed E-state index contributed by atoms with van der Waals surface area (Å²) in [5.41, 5.74) is 1.36. The van der Waals surface area contributed by atoms with Gasteiger partial charge in [0.1, 0.15) is 16.0 Å². The maximum Gasteiger partial charge on any atom is 0.296 e. The molecule has 0 saturated heterocycles. The molecule has 0 atom stereocenters. The minimum atomic E-state index is -0.766. The van der Waals surface area contributed by atoms with E-state index in [0.29, 0.717) is 28.2 Å². The number of anilines is 1. The fourth-order valence-corrected chi connectivity index (χ4v) is 3.33. The van der Waals surface area contributed by atoms with E-state index in [1.807, 2.05) is 4.57 Å². The number of fused-ring (bicyclic) bond motifs is 1. The fourth-order valence-electron chi connectivity index (χ4n) is 2.87. The summed E-state index contributed by atoms with van der Waals surface area (Å²) in [7, 11) is 0. The standard InChI is InChI=1S/C18H14Cl2N4O2/c19-14-6-11(7-15(20)23-14)22-18(26)16(25)13-9-24(8-10-3-4-10)17-12(13)2-1-5-21-17/h1-2,5-7,9-10H,3-4,8H2,(H,22,23,26). The monoisotopic (exact) mass is 388 g/mol. The molecule has 1 aliphatic rings. The van der Waals surface area contributed by atoms with Crippen molar-refractivity contribution in [2.24, 2.45) is 5.92 Å². The van der Waals surface area contributed by atoms with Crippen LogP contribution in [0.2, 0.25) is 10.3 Å². The number of hydrogen-bond acceptors (Lipinski definition) is 4. The Kier molecular flexibility index (Phi) is 4.38. The van der Waals surface area contributed by atoms with Gasteiger partial charge in [-0.15, -0.1) is 0 Å². The van der Waals surface area contributed by atoms with E-state index in [1.54, 1.807) is 24.5 Å². The van der Waals surface area contributed by atoms with Gasteiger partial charge in [0.25, 0.3) is 11.7 Å². The molecule has 1 N–H and O–H groups in total. The van der Waals surface area contributed by atoms with Crippen molar-refractivity contribution in [1.82, 2.24) is 14.5 Å². The molecule has 3 aromatic rings. The van der Waals surface area contributed by atoms with E-state index in [9.17, 15) is 9.59 Å². The van der Waals surface area contributed by atoms with Crippen LogP contribution in [-0.2, 0) is 11.3 Å². The molecule has 0 unspecified atom stereocenters. The highest BCUT2D eigenvalue weighted by atomic mass is 35.5. The normalized spacial score (nSPS) is 13.8. The predicted molar refractivity (Wildman–Crippen MR) is 99.7 cm³/mol. The highest BCUT2D eigenvalue weighted by molar-refractivity contribution is 6.48. The number of carbonyl (C=O) groups is 2. The molecule has 4 rings (SSSR count). The van der Waals surface area contributed by atoms with Gasteiger partial charge in [-0.1, -0.05) is 23.2 Å². The molecular weight excluding hydrogens is 375 g/mol. The summed E-state index contributed by atoms with van der Waals surface area (Å²) in [5.74, 6) is -0.787. The lowest BCUT2D eigenvalue weighted by Gasteiger charge is -2.05. The van der Waals surface area contributed by atoms with E-state index in [-0.39, 0.29) is 10.3 Å². The first kappa shape index (κ1) is 17.0. The third-order valence-electron chi connectivity index (χ3n) is 4.26. The third-order valence-corrected chi connectivity index (χ3v) is 4.64. The van der Waals surface area contributed by atoms with Crippen LogP contribution < -0.4 is 5.32 Å². The lowest BCUT2D eigenvalue weighted by atomic mass is 10.1. The number of nitrogens with zero attached hydrogens (tertiary/aromatic N) is 3. The Labute approximate surface area is 159 Å². The molecule has 3 aromatic heterocycles. The lowest BCUT2D eigenvalue weighted by molar-refractivity contribution is -0.112. The zero-order valence-electron chi connectivity index (χ0n) is 13.6. The summed E-state index contributed by atoms with van der Waals surface area (Å²) >= 11 is 11.6. The van der Waals surface area contributed by atoms with Crippen LogP contribution in [0.3, 0.4) is 0 Å². The lowest BCUT2D eigenvalue weighted by Crippen LogP contribution is -2.22. The molecule has 0 bridgehead atoms. The predicted octanol–water partition coefficient (Wildman–Crippen LogP) is 3.97. The van der Waals surface area contributed by atoms with Crippen LogP contribution in [0.1, 0.15) is 23.2 Å². The third kappa shape index (κ3) is 3.43. The largest absolute Gasteiger partial charge is 0.331 e. The van der Waals surface area contributed by atoms with Crippen LogP contribution >= 0.6 is 23.2 Å². The SMILES string of the molecule is O=C(Nc1cc(Cl)nc(Cl)c1)C(=O)c1cn(CC2CC2)c2ncccc12. The molecule has 3 heterocycles. The number of Topliss-reactive ketones (excluding diaryl/α,β-unsaturated/α-hetero) is 1. The average molecular weight is 389 g/mol. The molecule has 26 heavy (non-hydrogen) atoms. The number of amides is 1. The first-order valence-electron chi connectivity index (χ1n) is 8.14. The van der Waals surface area contributed by atoms with Crippen molar-refractivity contribution in [3.8, 4) is 0 Å². The second-order valence-electron chi connectivity index (χ2n) is 6.30. The minimum absolute atomic E-state index is 0.130. The van der Waals surface area contributed by atoms with Crippen molar-refractivity contribution in [2.45, 2.75) is 19.4 Å². The Bertz CT molecular complexity index is 1010. The topological polar surface area (TPSA) is 76.9 Å². The van der Waals surface area contributed by atoms with Gasteiger partial charge in [-0.3, -0.25) is 9.59 Å². The molecule has 0 aromatic carbocycles. The van der Waals surface area contributed by atoms with Gasteiger partial charge in [0.15, 0.2) is 0 Å². The first-order chi connectivity index (χ1) is 12.5. The number of rotatable bonds is 5. The number of halogens is 2. The number of aromatic nitrogens is 3. The first-order valence-corrected chi connectivity index (χ1v) is 8.89. The van der Waals surface area contributed by atoms with E-state index in [4.69, 9.17) is 23.2 Å². The number of nitrogens with one attached hydrogen (secondary N) is 1. The van der Waals surface area contributed by atoms with Gasteiger partial charge in [-0.05, 0) is 43.0 Å². The summed E-state index contributed by atoms with van der Waals surface area (Å²) < 4.78 is 1.95. The summed E-state index contributed by atoms with van der Waals surface area (Å²) in [4.78, 5) is 33.3. The maximum atomic E-state index is 12.7. The van der Waals surface area contributed by atoms with Crippen molar-refractivity contribution in [2.75, 3.05) is 5.32 Å². The highest BCUT2D eigenvalue weighted by Gasteiger charge is 2.26. The van der Waals surface area contributed by atoms with Gasteiger partial charge in [0.2, 0.25) is 0 Å². The fraction of sp³-hybridized carbons (Fsp3) is 0.222. The van der Waals surface area contributed by atoms with E-state index >= 15 is 0 Å². The molecule has 132 valence electrons. The average Bonchev–Trinajstić information content (AvgIpc) is 3.34. The van der Waals surface area contributed by atoms with E-state index in [1.165, 1.54) is 25.0 Å². The maximum absolute atomic E-state index is 12.7. The molecule has 1 aliphatic carbocycles. The van der Waals surface area contributed by atoms with E-state index in [2.05, 4.69) is 15.3 Å². The van der Waals surface area contributed by atoms with Crippen LogP contribution in [-0.4, -0.2) is 26.2 Å². The highest BCUT2D eigenvalue weighted by Crippen LogP contribution is 2.32. The number of ketones is 1. The van der Waals surface area contributed by atoms with Gasteiger partial charge in [-0.2, -0.15) is 0 Å². The zero-order valence-corrected chi connectivity index (χ0v) is 15.1. The van der Waals surface area contributed by atoms with Crippen LogP contribution in [0.25, 0.3) is 11.0 Å². The molecule has 0 aliphatic heterocycles. The Morgan fingerprint density at radius 1 is 1.23 bits per heavy atom. The van der Waals surface area contributed by atoms with Crippen molar-refractivity contribution in [3.05, 3.63) is 52.5 Å². The second kappa shape index (κ2) is 6.70. The Balaban J connectivity index is 1.63. The Morgan fingerprint density at radius 2 is 1.96 bits per heavy atom. The van der Waals surface area contributed by atoms with Gasteiger partial charge >= 0.3 is 0 Å². The molecule has 1 amide bonds. The van der Waals surface area contributed by atoms with Crippen molar-refractivity contribution < 1.29 is 9.59 Å². The van der Waals surface area contributed by atoms with Crippen LogP contribution in [0.15, 0.2) is 36.7 Å². The smallest absolute Gasteiger partial charge is 0.296 e. The van der Waals surface area contributed by atoms with Crippen molar-refractivity contribution >= 4 is 51.6 Å². The zero-order chi connectivity index (χ0) is 18.3. The molecule has 8 heteroatoms. The second-order valence-corrected chi connectivity index (χ2v) is 7.07. The van der Waals surface area contributed by atoms with Crippen LogP contribution in [0, 0.1) is 5.92 Å². The number of carbonyl (C=O) groups excluding carboxylic acids is 2. The van der Waals surface area contributed by atoms with E-state index < -0.39 is 11.7 Å². The Morgan fingerprint density at radius 3 is 2.65 bits per heavy atom. The molecule has 1 saturated carbocycles. The Hall–Kier alpha value is -2.44. The summed E-state index contributed by atoms with van der Waals surface area (Å²) in [5, 5.41) is 3.45. The minimum Gasteiger partial charge on any atom is -0.331 e. The van der Waals surface area contributed by atoms with Gasteiger partial charge in [0, 0.05) is 30.0 Å². The quantitative estimate of drug-likeness (QED) is 0.407. The van der Waals surface area contributed by atoms with Gasteiger partial charge in [-0.25, -0.2) is 9.97 Å². The molecule has 0 spiro atoms. The van der Waals surface area contributed by atoms with Gasteiger partial charge < -0.3 is 9.88 Å².